The molecule has 0 spiro atoms. The average Bonchev–Trinajstić information content (AvgIpc) is 2.90. The molecule has 0 aromatic carbocycles. The maximum Gasteiger partial charge on any atom is 0.0386 e. The predicted octanol–water partition coefficient (Wildman–Crippen LogP) is 4.01. The SMILES string of the molecule is CCCN(CC)CCNC(C)c1cc2c(s1)CCCC2. The molecule has 0 radical (unpaired) electrons. The Labute approximate surface area is 128 Å². The van der Waals surface area contributed by atoms with Crippen LogP contribution < -0.4 is 5.32 Å². The van der Waals surface area contributed by atoms with Crippen molar-refractivity contribution in [1.29, 1.82) is 0 Å². The van der Waals surface area contributed by atoms with Crippen LogP contribution in [0.2, 0.25) is 0 Å². The van der Waals surface area contributed by atoms with Gasteiger partial charge in [-0.1, -0.05) is 13.8 Å². The average molecular weight is 295 g/mol. The summed E-state index contributed by atoms with van der Waals surface area (Å²) < 4.78 is 0. The zero-order valence-corrected chi connectivity index (χ0v) is 14.2. The van der Waals surface area contributed by atoms with Gasteiger partial charge >= 0.3 is 0 Å². The second kappa shape index (κ2) is 8.16. The Morgan fingerprint density at radius 2 is 2.05 bits per heavy atom. The molecule has 1 aromatic heterocycles. The summed E-state index contributed by atoms with van der Waals surface area (Å²) in [7, 11) is 0. The van der Waals surface area contributed by atoms with Crippen molar-refractivity contribution in [3.05, 3.63) is 21.4 Å². The molecule has 0 bridgehead atoms. The maximum atomic E-state index is 3.70. The predicted molar refractivity (Wildman–Crippen MR) is 89.8 cm³/mol. The molecule has 0 fully saturated rings. The number of likely N-dealkylation sites (N-methyl/N-ethyl adjacent to an activating group) is 1. The molecule has 1 heterocycles. The summed E-state index contributed by atoms with van der Waals surface area (Å²) in [6.45, 7) is 11.5. The van der Waals surface area contributed by atoms with Crippen LogP contribution in [-0.4, -0.2) is 31.1 Å². The summed E-state index contributed by atoms with van der Waals surface area (Å²) in [5.41, 5.74) is 1.63. The third-order valence-electron chi connectivity index (χ3n) is 4.31. The normalized spacial score (nSPS) is 16.4. The Morgan fingerprint density at radius 3 is 2.75 bits per heavy atom. The number of hydrogen-bond acceptors (Lipinski definition) is 3. The number of aryl methyl sites for hydroxylation is 2. The monoisotopic (exact) mass is 294 g/mol. The van der Waals surface area contributed by atoms with E-state index in [1.165, 1.54) is 50.1 Å². The van der Waals surface area contributed by atoms with Gasteiger partial charge in [0.1, 0.15) is 0 Å². The zero-order valence-electron chi connectivity index (χ0n) is 13.4. The van der Waals surface area contributed by atoms with E-state index in [0.29, 0.717) is 6.04 Å². The first-order valence-corrected chi connectivity index (χ1v) is 9.13. The Hall–Kier alpha value is -0.380. The van der Waals surface area contributed by atoms with Gasteiger partial charge in [-0.2, -0.15) is 0 Å². The lowest BCUT2D eigenvalue weighted by Gasteiger charge is -2.21. The van der Waals surface area contributed by atoms with E-state index >= 15 is 0 Å². The van der Waals surface area contributed by atoms with Gasteiger partial charge in [-0.05, 0) is 63.7 Å². The van der Waals surface area contributed by atoms with Crippen molar-refractivity contribution in [3.8, 4) is 0 Å². The number of nitrogens with one attached hydrogen (secondary N) is 1. The van der Waals surface area contributed by atoms with Crippen LogP contribution in [0.5, 0.6) is 0 Å². The first-order chi connectivity index (χ1) is 9.74. The van der Waals surface area contributed by atoms with Crippen LogP contribution in [0.1, 0.15) is 61.4 Å². The number of fused-ring (bicyclic) bond motifs is 1. The van der Waals surface area contributed by atoms with Crippen molar-refractivity contribution in [1.82, 2.24) is 10.2 Å². The van der Waals surface area contributed by atoms with Crippen LogP contribution in [0.4, 0.5) is 0 Å². The van der Waals surface area contributed by atoms with Crippen molar-refractivity contribution in [3.63, 3.8) is 0 Å². The van der Waals surface area contributed by atoms with E-state index in [1.807, 2.05) is 11.3 Å². The lowest BCUT2D eigenvalue weighted by Crippen LogP contribution is -2.33. The molecular weight excluding hydrogens is 264 g/mol. The van der Waals surface area contributed by atoms with E-state index in [9.17, 15) is 0 Å². The molecule has 2 nitrogen and oxygen atoms in total. The van der Waals surface area contributed by atoms with Gasteiger partial charge in [0, 0.05) is 28.9 Å². The minimum atomic E-state index is 0.505. The number of nitrogens with zero attached hydrogens (tertiary/aromatic N) is 1. The van der Waals surface area contributed by atoms with E-state index < -0.39 is 0 Å². The second-order valence-corrected chi connectivity index (χ2v) is 7.08. The molecule has 0 saturated heterocycles. The quantitative estimate of drug-likeness (QED) is 0.779. The molecule has 3 heteroatoms. The van der Waals surface area contributed by atoms with Gasteiger partial charge in [-0.3, -0.25) is 0 Å². The Balaban J connectivity index is 1.79. The third kappa shape index (κ3) is 4.31. The number of thiophene rings is 1. The van der Waals surface area contributed by atoms with Crippen molar-refractivity contribution in [2.24, 2.45) is 0 Å². The molecule has 2 rings (SSSR count). The third-order valence-corrected chi connectivity index (χ3v) is 5.73. The van der Waals surface area contributed by atoms with Crippen molar-refractivity contribution < 1.29 is 0 Å². The summed E-state index contributed by atoms with van der Waals surface area (Å²) in [4.78, 5) is 5.72. The molecule has 114 valence electrons. The smallest absolute Gasteiger partial charge is 0.0386 e. The molecule has 1 N–H and O–H groups in total. The molecule has 0 saturated carbocycles. The van der Waals surface area contributed by atoms with Crippen LogP contribution in [0.3, 0.4) is 0 Å². The molecular formula is C17H30N2S. The number of rotatable bonds is 8. The summed E-state index contributed by atoms with van der Waals surface area (Å²) in [6.07, 6.45) is 6.64. The second-order valence-electron chi connectivity index (χ2n) is 5.91. The molecule has 1 atom stereocenters. The van der Waals surface area contributed by atoms with Gasteiger partial charge in [0.2, 0.25) is 0 Å². The van der Waals surface area contributed by atoms with Crippen molar-refractivity contribution in [2.45, 2.75) is 58.9 Å². The molecule has 0 amide bonds. The lowest BCUT2D eigenvalue weighted by molar-refractivity contribution is 0.284. The van der Waals surface area contributed by atoms with E-state index in [2.05, 4.69) is 37.1 Å². The minimum Gasteiger partial charge on any atom is -0.308 e. The highest BCUT2D eigenvalue weighted by Gasteiger charge is 2.16. The first-order valence-electron chi connectivity index (χ1n) is 8.31. The molecule has 1 aromatic rings. The van der Waals surface area contributed by atoms with Crippen LogP contribution in [-0.2, 0) is 12.8 Å². The lowest BCUT2D eigenvalue weighted by atomic mass is 9.99. The Morgan fingerprint density at radius 1 is 1.25 bits per heavy atom. The highest BCUT2D eigenvalue weighted by atomic mass is 32.1. The van der Waals surface area contributed by atoms with Gasteiger partial charge < -0.3 is 10.2 Å². The zero-order chi connectivity index (χ0) is 14.4. The molecule has 1 aliphatic carbocycles. The standard InChI is InChI=1S/C17H30N2S/c1-4-11-19(5-2)12-10-18-14(3)17-13-15-8-6-7-9-16(15)20-17/h13-14,18H,4-12H2,1-3H3. The largest absolute Gasteiger partial charge is 0.308 e. The van der Waals surface area contributed by atoms with Gasteiger partial charge in [0.15, 0.2) is 0 Å². The Kier molecular flexibility index (Phi) is 6.53. The van der Waals surface area contributed by atoms with E-state index in [4.69, 9.17) is 0 Å². The van der Waals surface area contributed by atoms with E-state index in [1.54, 1.807) is 10.4 Å². The fourth-order valence-electron chi connectivity index (χ4n) is 3.01. The van der Waals surface area contributed by atoms with Crippen LogP contribution in [0, 0.1) is 0 Å². The summed E-state index contributed by atoms with van der Waals surface area (Å²) in [5.74, 6) is 0. The van der Waals surface area contributed by atoms with Crippen LogP contribution in [0.25, 0.3) is 0 Å². The molecule has 1 unspecified atom stereocenters. The highest BCUT2D eigenvalue weighted by molar-refractivity contribution is 7.12. The molecule has 0 aliphatic heterocycles. The van der Waals surface area contributed by atoms with Crippen molar-refractivity contribution >= 4 is 11.3 Å². The summed E-state index contributed by atoms with van der Waals surface area (Å²) in [5, 5.41) is 3.70. The summed E-state index contributed by atoms with van der Waals surface area (Å²) in [6, 6.07) is 2.96. The Bertz CT molecular complexity index is 376. The maximum absolute atomic E-state index is 3.70. The van der Waals surface area contributed by atoms with Crippen molar-refractivity contribution in [2.75, 3.05) is 26.2 Å². The van der Waals surface area contributed by atoms with Crippen LogP contribution in [0.15, 0.2) is 6.07 Å². The number of hydrogen-bond donors (Lipinski definition) is 1. The first kappa shape index (κ1) is 16.0. The van der Waals surface area contributed by atoms with E-state index in [-0.39, 0.29) is 0 Å². The fourth-order valence-corrected chi connectivity index (χ4v) is 4.30. The van der Waals surface area contributed by atoms with Gasteiger partial charge in [0.05, 0.1) is 0 Å². The molecule has 1 aliphatic rings. The highest BCUT2D eigenvalue weighted by Crippen LogP contribution is 2.32. The minimum absolute atomic E-state index is 0.505. The van der Waals surface area contributed by atoms with Gasteiger partial charge in [0.25, 0.3) is 0 Å². The topological polar surface area (TPSA) is 15.3 Å². The van der Waals surface area contributed by atoms with E-state index in [0.717, 1.165) is 13.1 Å². The van der Waals surface area contributed by atoms with Crippen LogP contribution >= 0.6 is 11.3 Å². The summed E-state index contributed by atoms with van der Waals surface area (Å²) >= 11 is 2.04. The molecule has 20 heavy (non-hydrogen) atoms. The van der Waals surface area contributed by atoms with Gasteiger partial charge in [-0.25, -0.2) is 0 Å². The van der Waals surface area contributed by atoms with Gasteiger partial charge in [-0.15, -0.1) is 11.3 Å². The fraction of sp³-hybridized carbons (Fsp3) is 0.765.